The van der Waals surface area contributed by atoms with Crippen molar-refractivity contribution in [2.45, 2.75) is 56.5 Å². The van der Waals surface area contributed by atoms with Gasteiger partial charge in [-0.2, -0.15) is 5.10 Å². The number of hydrogen-bond acceptors (Lipinski definition) is 6. The quantitative estimate of drug-likeness (QED) is 0.424. The van der Waals surface area contributed by atoms with Crippen molar-refractivity contribution in [3.8, 4) is 5.88 Å². The van der Waals surface area contributed by atoms with Gasteiger partial charge in [0.1, 0.15) is 16.9 Å². The molecule has 0 unspecified atom stereocenters. The Morgan fingerprint density at radius 1 is 1.13 bits per heavy atom. The zero-order valence-electron chi connectivity index (χ0n) is 24.1. The minimum atomic E-state index is -2.92. The number of fused-ring (bicyclic) bond motifs is 3. The maximum atomic E-state index is 14.4. The summed E-state index contributed by atoms with van der Waals surface area (Å²) in [4.78, 5) is 46.9. The van der Waals surface area contributed by atoms with Gasteiger partial charge in [0.25, 0.3) is 18.2 Å². The van der Waals surface area contributed by atoms with Crippen LogP contribution in [-0.4, -0.2) is 69.7 Å². The highest BCUT2D eigenvalue weighted by atomic mass is 35.5. The van der Waals surface area contributed by atoms with E-state index in [2.05, 4.69) is 15.4 Å². The average molecular weight is 643 g/mol. The number of amides is 3. The molecule has 1 spiro atoms. The van der Waals surface area contributed by atoms with Gasteiger partial charge in [0, 0.05) is 50.9 Å². The van der Waals surface area contributed by atoms with Gasteiger partial charge in [-0.3, -0.25) is 19.4 Å². The molecule has 2 fully saturated rings. The van der Waals surface area contributed by atoms with Crippen molar-refractivity contribution < 1.29 is 32.3 Å². The molecule has 1 saturated heterocycles. The Hall–Kier alpha value is -4.13. The number of halogens is 4. The van der Waals surface area contributed by atoms with Crippen LogP contribution in [0.25, 0.3) is 0 Å². The summed E-state index contributed by atoms with van der Waals surface area (Å²) < 4.78 is 48.5. The molecule has 10 nitrogen and oxygen atoms in total. The first-order valence-corrected chi connectivity index (χ1v) is 15.4. The summed E-state index contributed by atoms with van der Waals surface area (Å²) in [6, 6.07) is 6.92. The van der Waals surface area contributed by atoms with Crippen LogP contribution in [0.1, 0.15) is 70.6 Å². The number of carbonyl (C=O) groups excluding carboxylic acids is 3. The van der Waals surface area contributed by atoms with E-state index in [-0.39, 0.29) is 53.1 Å². The maximum Gasteiger partial charge on any atom is 0.281 e. The first-order valence-electron chi connectivity index (χ1n) is 15.0. The summed E-state index contributed by atoms with van der Waals surface area (Å²) in [7, 11) is 0. The van der Waals surface area contributed by atoms with E-state index in [0.29, 0.717) is 62.5 Å². The molecular weight excluding hydrogens is 613 g/mol. The predicted octanol–water partition coefficient (Wildman–Crippen LogP) is 4.52. The number of carbonyl (C=O) groups is 3. The Morgan fingerprint density at radius 2 is 1.91 bits per heavy atom. The number of benzene rings is 1. The van der Waals surface area contributed by atoms with Gasteiger partial charge >= 0.3 is 0 Å². The van der Waals surface area contributed by atoms with Crippen molar-refractivity contribution in [1.29, 1.82) is 0 Å². The molecule has 0 radical (unpaired) electrons. The molecule has 236 valence electrons. The van der Waals surface area contributed by atoms with E-state index in [1.54, 1.807) is 26.6 Å². The maximum absolute atomic E-state index is 14.4. The number of aromatic nitrogens is 3. The highest BCUT2D eigenvalue weighted by molar-refractivity contribution is 6.30. The van der Waals surface area contributed by atoms with Crippen molar-refractivity contribution in [1.82, 2.24) is 25.0 Å². The van der Waals surface area contributed by atoms with Crippen LogP contribution in [0.3, 0.4) is 0 Å². The van der Waals surface area contributed by atoms with Crippen LogP contribution in [0.2, 0.25) is 5.02 Å². The van der Waals surface area contributed by atoms with E-state index in [0.717, 1.165) is 12.6 Å². The van der Waals surface area contributed by atoms with Gasteiger partial charge in [-0.05, 0) is 55.4 Å². The first kappa shape index (κ1) is 29.6. The molecule has 2 aromatic heterocycles. The third kappa shape index (κ3) is 5.20. The molecule has 45 heavy (non-hydrogen) atoms. The lowest BCUT2D eigenvalue weighted by Crippen LogP contribution is -2.65. The van der Waals surface area contributed by atoms with Gasteiger partial charge in [-0.25, -0.2) is 17.9 Å². The molecule has 1 aromatic carbocycles. The summed E-state index contributed by atoms with van der Waals surface area (Å²) in [5, 5.41) is 7.30. The molecule has 1 N–H and O–H groups in total. The molecule has 3 amide bonds. The van der Waals surface area contributed by atoms with Gasteiger partial charge in [-0.15, -0.1) is 0 Å². The zero-order chi connectivity index (χ0) is 31.5. The standard InChI is InChI=1S/C31H30ClF3N6O4/c32-18-10-21(26(27(34)35)36-13-18)28(42)37-20-5-2-17(3-6-20)14-40-24-11-19(33)4-7-22(24)31(30(40)44)15-39(16-31)29(43)23-12-25-41(38-23)8-1-9-45-25/h4,7,10-13,17,20,27H,1-3,5-6,8-9,14-16H2,(H,37,42)/t17-,20-. The molecular formula is C31H30ClF3N6O4. The summed E-state index contributed by atoms with van der Waals surface area (Å²) in [6.07, 6.45) is 1.47. The molecule has 1 saturated carbocycles. The SMILES string of the molecule is O=C(N[C@H]1CC[C@H](CN2C(=O)C3(CN(C(=O)c4cc5n(n4)CCCO5)C3)c3ccc(F)cc32)CC1)c1cc(Cl)cnc1C(F)F. The topological polar surface area (TPSA) is 110 Å². The zero-order valence-corrected chi connectivity index (χ0v) is 24.9. The van der Waals surface area contributed by atoms with Crippen molar-refractivity contribution >= 4 is 35.0 Å². The first-order chi connectivity index (χ1) is 21.6. The van der Waals surface area contributed by atoms with Gasteiger partial charge in [-0.1, -0.05) is 17.7 Å². The number of nitrogens with zero attached hydrogens (tertiary/aromatic N) is 5. The minimum Gasteiger partial charge on any atom is -0.478 e. The highest BCUT2D eigenvalue weighted by Gasteiger charge is 2.59. The minimum absolute atomic E-state index is 0.0764. The monoisotopic (exact) mass is 642 g/mol. The van der Waals surface area contributed by atoms with E-state index in [4.69, 9.17) is 16.3 Å². The Kier molecular flexibility index (Phi) is 7.46. The van der Waals surface area contributed by atoms with E-state index in [9.17, 15) is 27.6 Å². The normalized spacial score (nSPS) is 21.8. The third-order valence-corrected chi connectivity index (χ3v) is 9.52. The number of aryl methyl sites for hydroxylation is 1. The predicted molar refractivity (Wildman–Crippen MR) is 156 cm³/mol. The molecule has 3 aliphatic heterocycles. The van der Waals surface area contributed by atoms with Crippen molar-refractivity contribution in [2.75, 3.05) is 31.1 Å². The fourth-order valence-corrected chi connectivity index (χ4v) is 7.16. The van der Waals surface area contributed by atoms with E-state index < -0.39 is 29.3 Å². The molecule has 4 aliphatic rings. The second kappa shape index (κ2) is 11.3. The Balaban J connectivity index is 1.01. The van der Waals surface area contributed by atoms with Gasteiger partial charge < -0.3 is 19.9 Å². The van der Waals surface area contributed by atoms with Gasteiger partial charge in [0.05, 0.1) is 22.9 Å². The fraction of sp³-hybridized carbons (Fsp3) is 0.452. The number of anilines is 1. The van der Waals surface area contributed by atoms with Crippen molar-refractivity contribution in [2.24, 2.45) is 5.92 Å². The van der Waals surface area contributed by atoms with Crippen LogP contribution in [0.5, 0.6) is 5.88 Å². The van der Waals surface area contributed by atoms with Crippen LogP contribution < -0.4 is 15.0 Å². The molecule has 1 aliphatic carbocycles. The van der Waals surface area contributed by atoms with Crippen molar-refractivity contribution in [3.05, 3.63) is 69.9 Å². The number of rotatable bonds is 6. The summed E-state index contributed by atoms with van der Waals surface area (Å²) >= 11 is 5.90. The van der Waals surface area contributed by atoms with E-state index in [1.807, 2.05) is 0 Å². The van der Waals surface area contributed by atoms with Crippen molar-refractivity contribution in [3.63, 3.8) is 0 Å². The summed E-state index contributed by atoms with van der Waals surface area (Å²) in [5.41, 5.74) is -0.332. The smallest absolute Gasteiger partial charge is 0.281 e. The number of likely N-dealkylation sites (tertiary alicyclic amines) is 1. The Bertz CT molecular complexity index is 1660. The second-order valence-electron chi connectivity index (χ2n) is 12.2. The Morgan fingerprint density at radius 3 is 2.64 bits per heavy atom. The molecule has 7 rings (SSSR count). The average Bonchev–Trinajstić information content (AvgIpc) is 3.54. The van der Waals surface area contributed by atoms with Gasteiger partial charge in [0.15, 0.2) is 5.69 Å². The number of pyridine rings is 1. The van der Waals surface area contributed by atoms with Gasteiger partial charge in [0.2, 0.25) is 11.8 Å². The molecule has 14 heteroatoms. The summed E-state index contributed by atoms with van der Waals surface area (Å²) in [6.45, 7) is 1.95. The van der Waals surface area contributed by atoms with Crippen LogP contribution in [-0.2, 0) is 16.8 Å². The number of hydrogen-bond donors (Lipinski definition) is 1. The summed E-state index contributed by atoms with van der Waals surface area (Å²) in [5.74, 6) is -0.926. The van der Waals surface area contributed by atoms with E-state index >= 15 is 0 Å². The largest absolute Gasteiger partial charge is 0.478 e. The Labute approximate surface area is 261 Å². The second-order valence-corrected chi connectivity index (χ2v) is 12.6. The molecule has 5 heterocycles. The lowest BCUT2D eigenvalue weighted by molar-refractivity contribution is -0.128. The van der Waals surface area contributed by atoms with Crippen LogP contribution >= 0.6 is 11.6 Å². The molecule has 0 bridgehead atoms. The highest BCUT2D eigenvalue weighted by Crippen LogP contribution is 2.48. The van der Waals surface area contributed by atoms with Crippen LogP contribution in [0.4, 0.5) is 18.9 Å². The van der Waals surface area contributed by atoms with Crippen LogP contribution in [0, 0.1) is 11.7 Å². The number of ether oxygens (including phenoxy) is 1. The number of nitrogens with one attached hydrogen (secondary N) is 1. The fourth-order valence-electron chi connectivity index (χ4n) is 7.00. The van der Waals surface area contributed by atoms with Crippen LogP contribution in [0.15, 0.2) is 36.5 Å². The molecule has 3 aromatic rings. The molecule has 0 atom stereocenters. The lowest BCUT2D eigenvalue weighted by Gasteiger charge is -2.46. The third-order valence-electron chi connectivity index (χ3n) is 9.32. The number of alkyl halides is 2. The van der Waals surface area contributed by atoms with E-state index in [1.165, 1.54) is 18.2 Å². The lowest BCUT2D eigenvalue weighted by atomic mass is 9.74.